The Hall–Kier alpha value is -2.37. The first kappa shape index (κ1) is 13.6. The molecule has 0 bridgehead atoms. The van der Waals surface area contributed by atoms with Crippen LogP contribution in [0.25, 0.3) is 0 Å². The van der Waals surface area contributed by atoms with E-state index in [2.05, 4.69) is 31.5 Å². The van der Waals surface area contributed by atoms with Gasteiger partial charge in [-0.15, -0.1) is 10.2 Å². The lowest BCUT2D eigenvalue weighted by Gasteiger charge is -2.09. The highest BCUT2D eigenvalue weighted by atomic mass is 16.2. The molecule has 0 unspecified atom stereocenters. The predicted molar refractivity (Wildman–Crippen MR) is 80.1 cm³/mol. The van der Waals surface area contributed by atoms with Crippen molar-refractivity contribution in [1.29, 1.82) is 0 Å². The molecule has 1 aliphatic rings. The van der Waals surface area contributed by atoms with E-state index in [0.29, 0.717) is 6.54 Å². The van der Waals surface area contributed by atoms with Crippen LogP contribution in [0.4, 0.5) is 10.5 Å². The standard InChI is InChI=1S/C15H19N5O/c1-10-6-11(2)8-12(7-10)17-15(21)16-9-14-19-18-13-4-3-5-20(13)14/h6-8H,3-5,9H2,1-2H3,(H2,16,17,21). The lowest BCUT2D eigenvalue weighted by atomic mass is 10.1. The van der Waals surface area contributed by atoms with Crippen molar-refractivity contribution in [2.24, 2.45) is 0 Å². The van der Waals surface area contributed by atoms with Gasteiger partial charge in [-0.3, -0.25) is 0 Å². The summed E-state index contributed by atoms with van der Waals surface area (Å²) in [4.78, 5) is 12.0. The molecule has 1 aromatic carbocycles. The summed E-state index contributed by atoms with van der Waals surface area (Å²) in [6.07, 6.45) is 2.08. The highest BCUT2D eigenvalue weighted by Crippen LogP contribution is 2.15. The van der Waals surface area contributed by atoms with Crippen molar-refractivity contribution in [3.8, 4) is 0 Å². The monoisotopic (exact) mass is 285 g/mol. The first-order valence-corrected chi connectivity index (χ1v) is 7.16. The molecule has 2 N–H and O–H groups in total. The second kappa shape index (κ2) is 5.55. The van der Waals surface area contributed by atoms with Gasteiger partial charge >= 0.3 is 6.03 Å². The topological polar surface area (TPSA) is 71.8 Å². The molecule has 2 amide bonds. The smallest absolute Gasteiger partial charge is 0.319 e. The minimum Gasteiger partial charge on any atom is -0.331 e. The van der Waals surface area contributed by atoms with Gasteiger partial charge in [-0.2, -0.15) is 0 Å². The van der Waals surface area contributed by atoms with Crippen LogP contribution in [0.3, 0.4) is 0 Å². The third kappa shape index (κ3) is 3.04. The zero-order valence-electron chi connectivity index (χ0n) is 12.3. The maximum absolute atomic E-state index is 12.0. The lowest BCUT2D eigenvalue weighted by Crippen LogP contribution is -2.29. The van der Waals surface area contributed by atoms with Crippen molar-refractivity contribution in [2.45, 2.75) is 39.8 Å². The van der Waals surface area contributed by atoms with Crippen molar-refractivity contribution in [2.75, 3.05) is 5.32 Å². The Kier molecular flexibility index (Phi) is 3.60. The molecule has 21 heavy (non-hydrogen) atoms. The third-order valence-electron chi connectivity index (χ3n) is 3.57. The molecular formula is C15H19N5O. The molecule has 110 valence electrons. The Bertz CT molecular complexity index is 656. The van der Waals surface area contributed by atoms with Crippen molar-refractivity contribution in [3.63, 3.8) is 0 Å². The number of hydrogen-bond donors (Lipinski definition) is 2. The van der Waals surface area contributed by atoms with Crippen LogP contribution >= 0.6 is 0 Å². The molecule has 0 radical (unpaired) electrons. The fourth-order valence-electron chi connectivity index (χ4n) is 2.72. The largest absolute Gasteiger partial charge is 0.331 e. The van der Waals surface area contributed by atoms with Gasteiger partial charge in [0.15, 0.2) is 5.82 Å². The quantitative estimate of drug-likeness (QED) is 0.907. The number of aryl methyl sites for hydroxylation is 3. The first-order chi connectivity index (χ1) is 10.1. The second-order valence-electron chi connectivity index (χ2n) is 5.47. The Morgan fingerprint density at radius 2 is 2.00 bits per heavy atom. The van der Waals surface area contributed by atoms with Gasteiger partial charge in [0, 0.05) is 18.7 Å². The van der Waals surface area contributed by atoms with Gasteiger partial charge in [0.1, 0.15) is 5.82 Å². The number of amides is 2. The van der Waals surface area contributed by atoms with Crippen LogP contribution in [-0.4, -0.2) is 20.8 Å². The highest BCUT2D eigenvalue weighted by Gasteiger charge is 2.17. The van der Waals surface area contributed by atoms with Crippen LogP contribution < -0.4 is 10.6 Å². The van der Waals surface area contributed by atoms with Crippen LogP contribution in [0.1, 0.15) is 29.2 Å². The van der Waals surface area contributed by atoms with E-state index in [1.807, 2.05) is 26.0 Å². The molecule has 0 spiro atoms. The first-order valence-electron chi connectivity index (χ1n) is 7.16. The number of carbonyl (C=O) groups is 1. The van der Waals surface area contributed by atoms with E-state index in [0.717, 1.165) is 47.8 Å². The minimum atomic E-state index is -0.227. The molecule has 1 aromatic heterocycles. The van der Waals surface area contributed by atoms with Gasteiger partial charge in [-0.25, -0.2) is 4.79 Å². The van der Waals surface area contributed by atoms with E-state index in [1.54, 1.807) is 0 Å². The SMILES string of the molecule is Cc1cc(C)cc(NC(=O)NCc2nnc3n2CCC3)c1. The predicted octanol–water partition coefficient (Wildman–Crippen LogP) is 2.16. The maximum Gasteiger partial charge on any atom is 0.319 e. The zero-order valence-corrected chi connectivity index (χ0v) is 12.3. The van der Waals surface area contributed by atoms with Gasteiger partial charge < -0.3 is 15.2 Å². The molecule has 0 atom stereocenters. The molecule has 0 saturated heterocycles. The Morgan fingerprint density at radius 1 is 1.24 bits per heavy atom. The Morgan fingerprint density at radius 3 is 2.76 bits per heavy atom. The van der Waals surface area contributed by atoms with E-state index < -0.39 is 0 Å². The molecule has 0 saturated carbocycles. The number of fused-ring (bicyclic) bond motifs is 1. The summed E-state index contributed by atoms with van der Waals surface area (Å²) < 4.78 is 2.08. The summed E-state index contributed by atoms with van der Waals surface area (Å²) in [7, 11) is 0. The molecular weight excluding hydrogens is 266 g/mol. The van der Waals surface area contributed by atoms with Crippen molar-refractivity contribution in [1.82, 2.24) is 20.1 Å². The van der Waals surface area contributed by atoms with Gasteiger partial charge in [0.05, 0.1) is 6.54 Å². The number of rotatable bonds is 3. The van der Waals surface area contributed by atoms with Gasteiger partial charge in [0.25, 0.3) is 0 Å². The van der Waals surface area contributed by atoms with E-state index in [4.69, 9.17) is 0 Å². The van der Waals surface area contributed by atoms with Crippen LogP contribution in [0.2, 0.25) is 0 Å². The average molecular weight is 285 g/mol. The number of benzene rings is 1. The zero-order chi connectivity index (χ0) is 14.8. The normalized spacial score (nSPS) is 13.0. The van der Waals surface area contributed by atoms with Gasteiger partial charge in [0.2, 0.25) is 0 Å². The fourth-order valence-corrected chi connectivity index (χ4v) is 2.72. The van der Waals surface area contributed by atoms with E-state index in [-0.39, 0.29) is 6.03 Å². The Balaban J connectivity index is 1.59. The molecule has 0 fully saturated rings. The number of nitrogens with one attached hydrogen (secondary N) is 2. The molecule has 2 aromatic rings. The number of hydrogen-bond acceptors (Lipinski definition) is 3. The highest BCUT2D eigenvalue weighted by molar-refractivity contribution is 5.89. The van der Waals surface area contributed by atoms with E-state index in [9.17, 15) is 4.79 Å². The summed E-state index contributed by atoms with van der Waals surface area (Å²) in [5.74, 6) is 1.83. The van der Waals surface area contributed by atoms with E-state index in [1.165, 1.54) is 0 Å². The number of carbonyl (C=O) groups excluding carboxylic acids is 1. The fraction of sp³-hybridized carbons (Fsp3) is 0.400. The summed E-state index contributed by atoms with van der Waals surface area (Å²) in [5, 5.41) is 13.9. The minimum absolute atomic E-state index is 0.227. The molecule has 6 heteroatoms. The Labute approximate surface area is 123 Å². The van der Waals surface area contributed by atoms with Gasteiger partial charge in [-0.1, -0.05) is 6.07 Å². The number of nitrogens with zero attached hydrogens (tertiary/aromatic N) is 3. The third-order valence-corrected chi connectivity index (χ3v) is 3.57. The molecule has 1 aliphatic heterocycles. The summed E-state index contributed by atoms with van der Waals surface area (Å²) in [6.45, 7) is 5.35. The van der Waals surface area contributed by atoms with Gasteiger partial charge in [-0.05, 0) is 43.5 Å². The number of aromatic nitrogens is 3. The second-order valence-corrected chi connectivity index (χ2v) is 5.47. The van der Waals surface area contributed by atoms with Crippen LogP contribution in [0.15, 0.2) is 18.2 Å². The van der Waals surface area contributed by atoms with Crippen LogP contribution in [0.5, 0.6) is 0 Å². The molecule has 0 aliphatic carbocycles. The summed E-state index contributed by atoms with van der Waals surface area (Å²) >= 11 is 0. The molecule has 3 rings (SSSR count). The lowest BCUT2D eigenvalue weighted by molar-refractivity contribution is 0.251. The van der Waals surface area contributed by atoms with Crippen molar-refractivity contribution >= 4 is 11.7 Å². The van der Waals surface area contributed by atoms with Crippen LogP contribution in [-0.2, 0) is 19.5 Å². The van der Waals surface area contributed by atoms with E-state index >= 15 is 0 Å². The maximum atomic E-state index is 12.0. The number of urea groups is 1. The van der Waals surface area contributed by atoms with Crippen molar-refractivity contribution < 1.29 is 4.79 Å². The summed E-state index contributed by atoms with van der Waals surface area (Å²) in [5.41, 5.74) is 3.05. The average Bonchev–Trinajstić information content (AvgIpc) is 2.98. The summed E-state index contributed by atoms with van der Waals surface area (Å²) in [6, 6.07) is 5.74. The van der Waals surface area contributed by atoms with Crippen LogP contribution in [0, 0.1) is 13.8 Å². The number of anilines is 1. The molecule has 2 heterocycles. The van der Waals surface area contributed by atoms with Crippen molar-refractivity contribution in [3.05, 3.63) is 41.0 Å². The molecule has 6 nitrogen and oxygen atoms in total.